The van der Waals surface area contributed by atoms with E-state index in [2.05, 4.69) is 41.8 Å². The molecule has 27 heavy (non-hydrogen) atoms. The Labute approximate surface area is 161 Å². The standard InChI is InChI=1S/C22H28N2O3/c1-15(23-19-10-6-8-16-7-4-5-9-18(16)19)13-22(25)24-20-12-11-17(26-2)14-21(20)27-3/h4-5,7,9,11-12,14-15,19,23H,6,8,10,13H2,1-3H3,(H,24,25). The molecule has 5 nitrogen and oxygen atoms in total. The normalized spacial score (nSPS) is 16.9. The first-order chi connectivity index (χ1) is 13.1. The van der Waals surface area contributed by atoms with Gasteiger partial charge in [0.1, 0.15) is 11.5 Å². The summed E-state index contributed by atoms with van der Waals surface area (Å²) in [7, 11) is 3.18. The fourth-order valence-corrected chi connectivity index (χ4v) is 3.71. The summed E-state index contributed by atoms with van der Waals surface area (Å²) >= 11 is 0. The lowest BCUT2D eigenvalue weighted by molar-refractivity contribution is -0.116. The average Bonchev–Trinajstić information content (AvgIpc) is 2.68. The largest absolute Gasteiger partial charge is 0.497 e. The van der Waals surface area contributed by atoms with E-state index >= 15 is 0 Å². The quantitative estimate of drug-likeness (QED) is 0.773. The monoisotopic (exact) mass is 368 g/mol. The molecule has 2 atom stereocenters. The minimum Gasteiger partial charge on any atom is -0.497 e. The second-order valence-corrected chi connectivity index (χ2v) is 7.03. The van der Waals surface area contributed by atoms with Crippen LogP contribution in [0.2, 0.25) is 0 Å². The lowest BCUT2D eigenvalue weighted by Gasteiger charge is -2.29. The van der Waals surface area contributed by atoms with Crippen LogP contribution < -0.4 is 20.1 Å². The van der Waals surface area contributed by atoms with E-state index in [0.29, 0.717) is 29.6 Å². The van der Waals surface area contributed by atoms with E-state index in [1.807, 2.05) is 0 Å². The van der Waals surface area contributed by atoms with Crippen LogP contribution in [0.4, 0.5) is 5.69 Å². The van der Waals surface area contributed by atoms with Crippen molar-refractivity contribution in [2.24, 2.45) is 0 Å². The first-order valence-electron chi connectivity index (χ1n) is 9.46. The molecule has 2 aromatic rings. The molecule has 0 spiro atoms. The van der Waals surface area contributed by atoms with Crippen LogP contribution in [0.25, 0.3) is 0 Å². The molecule has 0 bridgehead atoms. The first kappa shape index (κ1) is 19.2. The molecule has 5 heteroatoms. The van der Waals surface area contributed by atoms with Gasteiger partial charge in [-0.05, 0) is 49.4 Å². The van der Waals surface area contributed by atoms with E-state index < -0.39 is 0 Å². The number of aryl methyl sites for hydroxylation is 1. The molecule has 1 amide bonds. The third kappa shape index (κ3) is 4.80. The van der Waals surface area contributed by atoms with Crippen molar-refractivity contribution in [2.75, 3.05) is 19.5 Å². The van der Waals surface area contributed by atoms with Crippen LogP contribution in [0.15, 0.2) is 42.5 Å². The summed E-state index contributed by atoms with van der Waals surface area (Å²) < 4.78 is 10.5. The minimum atomic E-state index is -0.0393. The molecular formula is C22H28N2O3. The van der Waals surface area contributed by atoms with Crippen molar-refractivity contribution >= 4 is 11.6 Å². The Morgan fingerprint density at radius 3 is 2.78 bits per heavy atom. The molecule has 0 saturated heterocycles. The Morgan fingerprint density at radius 1 is 1.19 bits per heavy atom. The summed E-state index contributed by atoms with van der Waals surface area (Å²) in [5, 5.41) is 6.57. The molecule has 2 N–H and O–H groups in total. The zero-order valence-electron chi connectivity index (χ0n) is 16.2. The molecule has 2 unspecified atom stereocenters. The Morgan fingerprint density at radius 2 is 2.00 bits per heavy atom. The van der Waals surface area contributed by atoms with Crippen molar-refractivity contribution in [3.63, 3.8) is 0 Å². The van der Waals surface area contributed by atoms with E-state index in [1.165, 1.54) is 17.5 Å². The summed E-state index contributed by atoms with van der Waals surface area (Å²) in [5.74, 6) is 1.24. The van der Waals surface area contributed by atoms with Gasteiger partial charge in [0, 0.05) is 24.6 Å². The Bertz CT molecular complexity index is 791. The molecule has 0 radical (unpaired) electrons. The third-order valence-corrected chi connectivity index (χ3v) is 5.03. The molecule has 1 aliphatic carbocycles. The number of carbonyl (C=O) groups is 1. The number of hydrogen-bond donors (Lipinski definition) is 2. The van der Waals surface area contributed by atoms with Gasteiger partial charge in [0.05, 0.1) is 19.9 Å². The molecule has 0 aliphatic heterocycles. The number of benzene rings is 2. The van der Waals surface area contributed by atoms with Crippen LogP contribution >= 0.6 is 0 Å². The van der Waals surface area contributed by atoms with Gasteiger partial charge < -0.3 is 20.1 Å². The SMILES string of the molecule is COc1ccc(NC(=O)CC(C)NC2CCCc3ccccc32)c(OC)c1. The molecule has 0 heterocycles. The Hall–Kier alpha value is -2.53. The summed E-state index contributed by atoms with van der Waals surface area (Å²) in [6.07, 6.45) is 3.82. The van der Waals surface area contributed by atoms with Gasteiger partial charge in [-0.2, -0.15) is 0 Å². The van der Waals surface area contributed by atoms with Crippen LogP contribution in [0.1, 0.15) is 43.4 Å². The van der Waals surface area contributed by atoms with Crippen LogP contribution in [-0.2, 0) is 11.2 Å². The number of ether oxygens (including phenoxy) is 2. The minimum absolute atomic E-state index is 0.0393. The summed E-state index contributed by atoms with van der Waals surface area (Å²) in [4.78, 5) is 12.5. The highest BCUT2D eigenvalue weighted by Gasteiger charge is 2.22. The van der Waals surface area contributed by atoms with Gasteiger partial charge in [-0.3, -0.25) is 4.79 Å². The first-order valence-corrected chi connectivity index (χ1v) is 9.46. The van der Waals surface area contributed by atoms with Crippen LogP contribution in [0, 0.1) is 0 Å². The van der Waals surface area contributed by atoms with E-state index in [-0.39, 0.29) is 11.9 Å². The second kappa shape index (κ2) is 8.91. The number of fused-ring (bicyclic) bond motifs is 1. The van der Waals surface area contributed by atoms with Crippen molar-refractivity contribution in [2.45, 2.75) is 44.7 Å². The third-order valence-electron chi connectivity index (χ3n) is 5.03. The van der Waals surface area contributed by atoms with Crippen molar-refractivity contribution in [3.8, 4) is 11.5 Å². The highest BCUT2D eigenvalue weighted by atomic mass is 16.5. The zero-order chi connectivity index (χ0) is 19.2. The maximum absolute atomic E-state index is 12.5. The number of amides is 1. The molecule has 1 aliphatic rings. The van der Waals surface area contributed by atoms with Gasteiger partial charge in [-0.25, -0.2) is 0 Å². The lowest BCUT2D eigenvalue weighted by Crippen LogP contribution is -2.35. The van der Waals surface area contributed by atoms with Gasteiger partial charge in [0.2, 0.25) is 5.91 Å². The second-order valence-electron chi connectivity index (χ2n) is 7.03. The molecule has 0 aromatic heterocycles. The highest BCUT2D eigenvalue weighted by Crippen LogP contribution is 2.31. The average molecular weight is 368 g/mol. The summed E-state index contributed by atoms with van der Waals surface area (Å²) in [5.41, 5.74) is 3.44. The zero-order valence-corrected chi connectivity index (χ0v) is 16.2. The number of anilines is 1. The van der Waals surface area contributed by atoms with Gasteiger partial charge in [-0.15, -0.1) is 0 Å². The Balaban J connectivity index is 1.59. The van der Waals surface area contributed by atoms with Gasteiger partial charge in [0.25, 0.3) is 0 Å². The molecule has 2 aromatic carbocycles. The van der Waals surface area contributed by atoms with Crippen molar-refractivity contribution in [1.29, 1.82) is 0 Å². The van der Waals surface area contributed by atoms with E-state index in [1.54, 1.807) is 32.4 Å². The topological polar surface area (TPSA) is 59.6 Å². The number of carbonyl (C=O) groups excluding carboxylic acids is 1. The molecule has 144 valence electrons. The molecule has 3 rings (SSSR count). The fourth-order valence-electron chi connectivity index (χ4n) is 3.71. The van der Waals surface area contributed by atoms with Gasteiger partial charge in [0.15, 0.2) is 0 Å². The van der Waals surface area contributed by atoms with Crippen LogP contribution in [0.5, 0.6) is 11.5 Å². The maximum Gasteiger partial charge on any atom is 0.226 e. The number of methoxy groups -OCH3 is 2. The van der Waals surface area contributed by atoms with E-state index in [0.717, 1.165) is 12.8 Å². The molecule has 0 fully saturated rings. The molecule has 0 saturated carbocycles. The summed E-state index contributed by atoms with van der Waals surface area (Å²) in [6.45, 7) is 2.06. The van der Waals surface area contributed by atoms with E-state index in [9.17, 15) is 4.79 Å². The van der Waals surface area contributed by atoms with Crippen molar-refractivity contribution in [1.82, 2.24) is 5.32 Å². The lowest BCUT2D eigenvalue weighted by atomic mass is 9.87. The number of rotatable bonds is 7. The van der Waals surface area contributed by atoms with Gasteiger partial charge >= 0.3 is 0 Å². The van der Waals surface area contributed by atoms with Gasteiger partial charge in [-0.1, -0.05) is 24.3 Å². The number of nitrogens with one attached hydrogen (secondary N) is 2. The highest BCUT2D eigenvalue weighted by molar-refractivity contribution is 5.92. The van der Waals surface area contributed by atoms with Crippen molar-refractivity contribution in [3.05, 3.63) is 53.6 Å². The predicted molar refractivity (Wildman–Crippen MR) is 108 cm³/mol. The number of hydrogen-bond acceptors (Lipinski definition) is 4. The molecular weight excluding hydrogens is 340 g/mol. The van der Waals surface area contributed by atoms with E-state index in [4.69, 9.17) is 9.47 Å². The smallest absolute Gasteiger partial charge is 0.226 e. The Kier molecular flexibility index (Phi) is 6.35. The van der Waals surface area contributed by atoms with Crippen molar-refractivity contribution < 1.29 is 14.3 Å². The predicted octanol–water partition coefficient (Wildman–Crippen LogP) is 4.09. The van der Waals surface area contributed by atoms with Crippen LogP contribution in [-0.4, -0.2) is 26.2 Å². The summed E-state index contributed by atoms with van der Waals surface area (Å²) in [6, 6.07) is 14.3. The fraction of sp³-hybridized carbons (Fsp3) is 0.409. The van der Waals surface area contributed by atoms with Crippen LogP contribution in [0.3, 0.4) is 0 Å². The maximum atomic E-state index is 12.5.